The van der Waals surface area contributed by atoms with Gasteiger partial charge in [-0.1, -0.05) is 6.07 Å². The lowest BCUT2D eigenvalue weighted by Crippen LogP contribution is -2.51. The van der Waals surface area contributed by atoms with E-state index in [0.717, 1.165) is 5.39 Å². The summed E-state index contributed by atoms with van der Waals surface area (Å²) in [5, 5.41) is 26.1. The molecule has 11 nitrogen and oxygen atoms in total. The fourth-order valence-electron chi connectivity index (χ4n) is 2.77. The maximum atomic E-state index is 11.8. The van der Waals surface area contributed by atoms with Crippen LogP contribution in [0.1, 0.15) is 26.7 Å². The molecule has 1 amide bonds. The van der Waals surface area contributed by atoms with Crippen LogP contribution in [0.5, 0.6) is 5.75 Å². The number of β-amino-alcohol motifs (C(OH)–C–C–N with tert-alkyl or cyclic N) is 1. The molecule has 0 saturated heterocycles. The van der Waals surface area contributed by atoms with Crippen molar-refractivity contribution in [3.63, 3.8) is 0 Å². The number of benzene rings is 1. The number of aromatic nitrogens is 1. The molecule has 1 aromatic carbocycles. The van der Waals surface area contributed by atoms with Crippen LogP contribution in [-0.2, 0) is 9.63 Å². The summed E-state index contributed by atoms with van der Waals surface area (Å²) < 4.78 is 5.71. The lowest BCUT2D eigenvalue weighted by atomic mass is 10.1. The Balaban J connectivity index is 1.72. The Bertz CT molecular complexity index is 945. The van der Waals surface area contributed by atoms with E-state index in [-0.39, 0.29) is 44.1 Å². The minimum absolute atomic E-state index is 0.0458. The van der Waals surface area contributed by atoms with Crippen LogP contribution in [-0.4, -0.2) is 59.0 Å². The molecule has 1 unspecified atom stereocenters. The molecule has 31 heavy (non-hydrogen) atoms. The van der Waals surface area contributed by atoms with E-state index in [0.29, 0.717) is 17.8 Å². The zero-order valence-electron chi connectivity index (χ0n) is 17.6. The van der Waals surface area contributed by atoms with Gasteiger partial charge in [0.2, 0.25) is 11.5 Å². The first kappa shape index (κ1) is 24.1. The molecular weight excluding hydrogens is 408 g/mol. The Morgan fingerprint density at radius 3 is 2.84 bits per heavy atom. The molecule has 1 atom stereocenters. The van der Waals surface area contributed by atoms with E-state index in [1.165, 1.54) is 6.07 Å². The number of H-pyrrole nitrogens is 1. The van der Waals surface area contributed by atoms with Gasteiger partial charge in [-0.2, -0.15) is 0 Å². The molecule has 0 fully saturated rings. The second kappa shape index (κ2) is 11.3. The standard InChI is InChI=1S/C20H28N4O7/c1-20(2,13-21-18(26)7-4-10-31-24(28)29)22-11-14(25)12-30-17-6-3-5-16-15(17)8-9-19(27)23-16/h3,5-6,8-9,14,22,25H,4,7,10-13H2,1-2H3,(H,21,26)(H,23,27). The topological polar surface area (TPSA) is 156 Å². The smallest absolute Gasteiger partial charge is 0.294 e. The highest BCUT2D eigenvalue weighted by Crippen LogP contribution is 2.23. The molecule has 0 radical (unpaired) electrons. The number of nitrogens with one attached hydrogen (secondary N) is 3. The SMILES string of the molecule is CC(C)(CNC(=O)CCCO[N+](=O)[O-])NCC(O)COc1cccc2[nH]c(=O)ccc12. The van der Waals surface area contributed by atoms with E-state index in [1.54, 1.807) is 24.3 Å². The number of amides is 1. The highest BCUT2D eigenvalue weighted by atomic mass is 16.9. The number of carbonyl (C=O) groups is 1. The average molecular weight is 436 g/mol. The fraction of sp³-hybridized carbons (Fsp3) is 0.500. The van der Waals surface area contributed by atoms with E-state index in [1.807, 2.05) is 13.8 Å². The molecule has 2 aromatic rings. The Labute approximate surface area is 178 Å². The molecular formula is C20H28N4O7. The van der Waals surface area contributed by atoms with Gasteiger partial charge in [-0.15, -0.1) is 10.1 Å². The number of hydrogen-bond donors (Lipinski definition) is 4. The Morgan fingerprint density at radius 2 is 2.10 bits per heavy atom. The minimum Gasteiger partial charge on any atom is -0.490 e. The van der Waals surface area contributed by atoms with Gasteiger partial charge in [0.25, 0.3) is 5.09 Å². The Hall–Kier alpha value is -3.18. The molecule has 11 heteroatoms. The van der Waals surface area contributed by atoms with Gasteiger partial charge in [0, 0.05) is 36.5 Å². The normalized spacial score (nSPS) is 12.4. The van der Waals surface area contributed by atoms with Crippen molar-refractivity contribution in [1.29, 1.82) is 0 Å². The van der Waals surface area contributed by atoms with E-state index < -0.39 is 16.7 Å². The monoisotopic (exact) mass is 436 g/mol. The molecule has 2 rings (SSSR count). The number of aliphatic hydroxyl groups is 1. The average Bonchev–Trinajstić information content (AvgIpc) is 2.72. The van der Waals surface area contributed by atoms with E-state index in [2.05, 4.69) is 20.5 Å². The summed E-state index contributed by atoms with van der Waals surface area (Å²) >= 11 is 0. The van der Waals surface area contributed by atoms with Gasteiger partial charge in [-0.25, -0.2) is 0 Å². The van der Waals surface area contributed by atoms with Crippen molar-refractivity contribution in [2.45, 2.75) is 38.3 Å². The third kappa shape index (κ3) is 8.60. The van der Waals surface area contributed by atoms with E-state index >= 15 is 0 Å². The van der Waals surface area contributed by atoms with E-state index in [4.69, 9.17) is 4.74 Å². The Morgan fingerprint density at radius 1 is 1.32 bits per heavy atom. The van der Waals surface area contributed by atoms with Gasteiger partial charge < -0.3 is 30.3 Å². The van der Waals surface area contributed by atoms with Crippen molar-refractivity contribution >= 4 is 16.8 Å². The molecule has 0 aliphatic rings. The first-order chi connectivity index (χ1) is 14.7. The summed E-state index contributed by atoms with van der Waals surface area (Å²) in [6.45, 7) is 4.22. The summed E-state index contributed by atoms with van der Waals surface area (Å²) in [6.07, 6.45) is -0.428. The van der Waals surface area contributed by atoms with Crippen molar-refractivity contribution in [2.24, 2.45) is 0 Å². The van der Waals surface area contributed by atoms with Crippen LogP contribution in [0.25, 0.3) is 10.9 Å². The van der Waals surface area contributed by atoms with Crippen LogP contribution in [0.15, 0.2) is 35.1 Å². The molecule has 0 bridgehead atoms. The van der Waals surface area contributed by atoms with Crippen LogP contribution in [0, 0.1) is 10.1 Å². The van der Waals surface area contributed by atoms with Crippen molar-refractivity contribution < 1.29 is 24.6 Å². The summed E-state index contributed by atoms with van der Waals surface area (Å²) in [5.74, 6) is 0.320. The van der Waals surface area contributed by atoms with Crippen LogP contribution in [0.3, 0.4) is 0 Å². The number of carbonyl (C=O) groups excluding carboxylic acids is 1. The number of aliphatic hydroxyl groups excluding tert-OH is 1. The summed E-state index contributed by atoms with van der Waals surface area (Å²) in [4.78, 5) is 40.2. The maximum Gasteiger partial charge on any atom is 0.294 e. The zero-order valence-corrected chi connectivity index (χ0v) is 17.6. The van der Waals surface area contributed by atoms with Crippen molar-refractivity contribution in [3.8, 4) is 5.75 Å². The van der Waals surface area contributed by atoms with Gasteiger partial charge in [-0.05, 0) is 38.5 Å². The molecule has 1 aromatic heterocycles. The molecule has 0 saturated carbocycles. The maximum absolute atomic E-state index is 11.8. The number of nitrogens with zero attached hydrogens (tertiary/aromatic N) is 1. The summed E-state index contributed by atoms with van der Waals surface area (Å²) in [6, 6.07) is 8.38. The fourth-order valence-corrected chi connectivity index (χ4v) is 2.77. The predicted octanol–water partition coefficient (Wildman–Crippen LogP) is 0.741. The molecule has 0 aliphatic carbocycles. The third-order valence-electron chi connectivity index (χ3n) is 4.45. The van der Waals surface area contributed by atoms with Crippen molar-refractivity contribution in [1.82, 2.24) is 15.6 Å². The lowest BCUT2D eigenvalue weighted by Gasteiger charge is -2.28. The predicted molar refractivity (Wildman–Crippen MR) is 113 cm³/mol. The molecule has 4 N–H and O–H groups in total. The molecule has 0 spiro atoms. The molecule has 0 aliphatic heterocycles. The van der Waals surface area contributed by atoms with Crippen molar-refractivity contribution in [2.75, 3.05) is 26.3 Å². The number of pyridine rings is 1. The van der Waals surface area contributed by atoms with Gasteiger partial charge in [0.05, 0.1) is 12.1 Å². The Kier molecular flexibility index (Phi) is 8.76. The number of hydrogen-bond acceptors (Lipinski definition) is 8. The van der Waals surface area contributed by atoms with Gasteiger partial charge in [-0.3, -0.25) is 9.59 Å². The third-order valence-corrected chi connectivity index (χ3v) is 4.45. The first-order valence-electron chi connectivity index (χ1n) is 9.88. The first-order valence-corrected chi connectivity index (χ1v) is 9.88. The second-order valence-corrected chi connectivity index (χ2v) is 7.71. The van der Waals surface area contributed by atoms with E-state index in [9.17, 15) is 24.8 Å². The summed E-state index contributed by atoms with van der Waals surface area (Å²) in [7, 11) is 0. The number of ether oxygens (including phenoxy) is 1. The van der Waals surface area contributed by atoms with Gasteiger partial charge >= 0.3 is 0 Å². The van der Waals surface area contributed by atoms with Crippen LogP contribution in [0.2, 0.25) is 0 Å². The highest BCUT2D eigenvalue weighted by molar-refractivity contribution is 5.84. The number of fused-ring (bicyclic) bond motifs is 1. The summed E-state index contributed by atoms with van der Waals surface area (Å²) in [5.41, 5.74) is -0.0417. The second-order valence-electron chi connectivity index (χ2n) is 7.71. The van der Waals surface area contributed by atoms with Crippen molar-refractivity contribution in [3.05, 3.63) is 50.8 Å². The molecule has 170 valence electrons. The number of rotatable bonds is 13. The van der Waals surface area contributed by atoms with Crippen LogP contribution >= 0.6 is 0 Å². The molecule has 1 heterocycles. The van der Waals surface area contributed by atoms with Gasteiger partial charge in [0.1, 0.15) is 18.5 Å². The minimum atomic E-state index is -0.888. The van der Waals surface area contributed by atoms with Gasteiger partial charge in [0.15, 0.2) is 0 Å². The quantitative estimate of drug-likeness (QED) is 0.203. The highest BCUT2D eigenvalue weighted by Gasteiger charge is 2.20. The van der Waals surface area contributed by atoms with Crippen LogP contribution < -0.4 is 20.9 Å². The zero-order chi connectivity index (χ0) is 22.9. The lowest BCUT2D eigenvalue weighted by molar-refractivity contribution is -0.757. The number of aromatic amines is 1. The van der Waals surface area contributed by atoms with Crippen LogP contribution in [0.4, 0.5) is 0 Å². The largest absolute Gasteiger partial charge is 0.490 e.